The van der Waals surface area contributed by atoms with E-state index in [1.54, 1.807) is 31.2 Å². The molecule has 0 saturated carbocycles. The lowest BCUT2D eigenvalue weighted by atomic mass is 10.2. The van der Waals surface area contributed by atoms with E-state index in [1.807, 2.05) is 0 Å². The summed E-state index contributed by atoms with van der Waals surface area (Å²) in [6.45, 7) is 0.888. The van der Waals surface area contributed by atoms with Gasteiger partial charge in [-0.2, -0.15) is 0 Å². The average molecular weight is 444 g/mol. The van der Waals surface area contributed by atoms with Crippen LogP contribution in [0.3, 0.4) is 0 Å². The van der Waals surface area contributed by atoms with Crippen LogP contribution < -0.4 is 20.1 Å². The fourth-order valence-corrected chi connectivity index (χ4v) is 2.78. The molecule has 0 radical (unpaired) electrons. The van der Waals surface area contributed by atoms with Gasteiger partial charge in [0, 0.05) is 6.54 Å². The maximum Gasteiger partial charge on any atom is 0.258 e. The number of nitrogens with one attached hydrogen (secondary N) is 2. The maximum atomic E-state index is 13.6. The Kier molecular flexibility index (Phi) is 7.80. The molecule has 0 aliphatic heterocycles. The predicted octanol–water partition coefficient (Wildman–Crippen LogP) is 3.30. The topological polar surface area (TPSA) is 89.8 Å². The van der Waals surface area contributed by atoms with Crippen LogP contribution >= 0.6 is 0 Å². The third-order valence-electron chi connectivity index (χ3n) is 4.33. The van der Waals surface area contributed by atoms with Crippen molar-refractivity contribution in [3.05, 3.63) is 83.8 Å². The van der Waals surface area contributed by atoms with Gasteiger partial charge in [-0.15, -0.1) is 0 Å². The van der Waals surface area contributed by atoms with Crippen molar-refractivity contribution in [1.82, 2.24) is 10.6 Å². The summed E-state index contributed by atoms with van der Waals surface area (Å²) in [5, 5.41) is 5.29. The Morgan fingerprint density at radius 3 is 1.97 bits per heavy atom. The molecule has 9 heteroatoms. The minimum absolute atomic E-state index is 0.0160. The summed E-state index contributed by atoms with van der Waals surface area (Å²) in [5.41, 5.74) is 0. The molecule has 0 aliphatic rings. The standard InChI is InChI=1S/C23H22F2N2O5/c1-15-10-11-21(32-15)18(27-23(29)14-31-20-9-5-3-7-17(20)25)12-26-22(28)13-30-19-8-4-2-6-16(19)24/h2-11,18H,12-14H2,1H3,(H,26,28)(H,27,29)/t18-/m1/s1. The van der Waals surface area contributed by atoms with Crippen molar-refractivity contribution < 1.29 is 32.3 Å². The number of amides is 2. The van der Waals surface area contributed by atoms with Crippen molar-refractivity contribution in [2.45, 2.75) is 13.0 Å². The Labute approximate surface area is 183 Å². The van der Waals surface area contributed by atoms with Gasteiger partial charge in [0.05, 0.1) is 0 Å². The lowest BCUT2D eigenvalue weighted by Crippen LogP contribution is -2.40. The fourth-order valence-electron chi connectivity index (χ4n) is 2.78. The van der Waals surface area contributed by atoms with Crippen LogP contribution in [0.1, 0.15) is 17.6 Å². The van der Waals surface area contributed by atoms with Gasteiger partial charge < -0.3 is 24.5 Å². The summed E-state index contributed by atoms with van der Waals surface area (Å²) < 4.78 is 43.2. The van der Waals surface area contributed by atoms with E-state index in [9.17, 15) is 18.4 Å². The van der Waals surface area contributed by atoms with Crippen LogP contribution in [0.4, 0.5) is 8.78 Å². The molecule has 32 heavy (non-hydrogen) atoms. The highest BCUT2D eigenvalue weighted by atomic mass is 19.1. The van der Waals surface area contributed by atoms with Gasteiger partial charge >= 0.3 is 0 Å². The Hall–Kier alpha value is -3.88. The minimum Gasteiger partial charge on any atom is -0.481 e. The monoisotopic (exact) mass is 444 g/mol. The molecule has 168 valence electrons. The van der Waals surface area contributed by atoms with Crippen LogP contribution in [-0.2, 0) is 9.59 Å². The number of rotatable bonds is 10. The molecule has 0 fully saturated rings. The Bertz CT molecular complexity index is 1070. The van der Waals surface area contributed by atoms with E-state index < -0.39 is 42.7 Å². The number of hydrogen-bond donors (Lipinski definition) is 2. The molecule has 0 saturated heterocycles. The van der Waals surface area contributed by atoms with Gasteiger partial charge in [-0.1, -0.05) is 24.3 Å². The van der Waals surface area contributed by atoms with Crippen LogP contribution in [0.25, 0.3) is 0 Å². The van der Waals surface area contributed by atoms with Crippen molar-refractivity contribution in [1.29, 1.82) is 0 Å². The largest absolute Gasteiger partial charge is 0.481 e. The third-order valence-corrected chi connectivity index (χ3v) is 4.33. The third kappa shape index (κ3) is 6.56. The molecule has 1 atom stereocenters. The molecule has 3 rings (SSSR count). The van der Waals surface area contributed by atoms with Crippen LogP contribution in [0.5, 0.6) is 11.5 Å². The number of furan rings is 1. The molecular formula is C23H22F2N2O5. The highest BCUT2D eigenvalue weighted by molar-refractivity contribution is 5.79. The number of carbonyl (C=O) groups is 2. The second-order valence-electron chi connectivity index (χ2n) is 6.81. The van der Waals surface area contributed by atoms with Crippen LogP contribution in [0.2, 0.25) is 0 Å². The van der Waals surface area contributed by atoms with Crippen molar-refractivity contribution in [3.63, 3.8) is 0 Å². The minimum atomic E-state index is -0.710. The first-order valence-electron chi connectivity index (χ1n) is 9.79. The zero-order chi connectivity index (χ0) is 22.9. The van der Waals surface area contributed by atoms with Crippen molar-refractivity contribution in [2.24, 2.45) is 0 Å². The number of para-hydroxylation sites is 2. The molecule has 2 amide bonds. The van der Waals surface area contributed by atoms with Gasteiger partial charge in [-0.05, 0) is 43.3 Å². The van der Waals surface area contributed by atoms with E-state index in [2.05, 4.69) is 10.6 Å². The van der Waals surface area contributed by atoms with E-state index in [4.69, 9.17) is 13.9 Å². The zero-order valence-electron chi connectivity index (χ0n) is 17.3. The highest BCUT2D eigenvalue weighted by Gasteiger charge is 2.20. The Morgan fingerprint density at radius 1 is 0.875 bits per heavy atom. The number of hydrogen-bond acceptors (Lipinski definition) is 5. The van der Waals surface area contributed by atoms with Crippen LogP contribution in [0, 0.1) is 18.6 Å². The summed E-state index contributed by atoms with van der Waals surface area (Å²) in [5.74, 6) is -1.27. The fraction of sp³-hybridized carbons (Fsp3) is 0.217. The molecule has 1 heterocycles. The Morgan fingerprint density at radius 2 is 1.44 bits per heavy atom. The molecule has 2 aromatic carbocycles. The van der Waals surface area contributed by atoms with Crippen molar-refractivity contribution >= 4 is 11.8 Å². The average Bonchev–Trinajstić information content (AvgIpc) is 3.21. The lowest BCUT2D eigenvalue weighted by molar-refractivity contribution is -0.125. The molecule has 7 nitrogen and oxygen atoms in total. The summed E-state index contributed by atoms with van der Waals surface area (Å²) in [4.78, 5) is 24.5. The Balaban J connectivity index is 1.54. The van der Waals surface area contributed by atoms with Gasteiger partial charge in [-0.3, -0.25) is 9.59 Å². The van der Waals surface area contributed by atoms with Gasteiger partial charge in [0.2, 0.25) is 0 Å². The quantitative estimate of drug-likeness (QED) is 0.501. The normalized spacial score (nSPS) is 11.5. The summed E-state index contributed by atoms with van der Waals surface area (Å²) in [6, 6.07) is 14.1. The van der Waals surface area contributed by atoms with Gasteiger partial charge in [0.15, 0.2) is 36.3 Å². The second-order valence-corrected chi connectivity index (χ2v) is 6.81. The highest BCUT2D eigenvalue weighted by Crippen LogP contribution is 2.18. The number of carbonyl (C=O) groups excluding carboxylic acids is 2. The van der Waals surface area contributed by atoms with Crippen LogP contribution in [0.15, 0.2) is 65.1 Å². The summed E-state index contributed by atoms with van der Waals surface area (Å²) in [7, 11) is 0. The van der Waals surface area contributed by atoms with Gasteiger partial charge in [0.25, 0.3) is 11.8 Å². The molecule has 2 N–H and O–H groups in total. The first-order chi connectivity index (χ1) is 15.4. The predicted molar refractivity (Wildman–Crippen MR) is 111 cm³/mol. The van der Waals surface area contributed by atoms with E-state index in [1.165, 1.54) is 36.4 Å². The van der Waals surface area contributed by atoms with E-state index >= 15 is 0 Å². The number of ether oxygens (including phenoxy) is 2. The van der Waals surface area contributed by atoms with Gasteiger partial charge in [-0.25, -0.2) is 8.78 Å². The number of halogens is 2. The molecule has 0 bridgehead atoms. The molecule has 0 spiro atoms. The summed E-state index contributed by atoms with van der Waals surface area (Å²) >= 11 is 0. The van der Waals surface area contributed by atoms with E-state index in [0.29, 0.717) is 11.5 Å². The second kappa shape index (κ2) is 10.9. The van der Waals surface area contributed by atoms with Crippen molar-refractivity contribution in [3.8, 4) is 11.5 Å². The van der Waals surface area contributed by atoms with Gasteiger partial charge in [0.1, 0.15) is 17.6 Å². The maximum absolute atomic E-state index is 13.6. The van der Waals surface area contributed by atoms with E-state index in [0.717, 1.165) is 0 Å². The van der Waals surface area contributed by atoms with E-state index in [-0.39, 0.29) is 18.0 Å². The van der Waals surface area contributed by atoms with Crippen LogP contribution in [-0.4, -0.2) is 31.6 Å². The van der Waals surface area contributed by atoms with Crippen molar-refractivity contribution in [2.75, 3.05) is 19.8 Å². The first-order valence-corrected chi connectivity index (χ1v) is 9.79. The molecule has 0 aliphatic carbocycles. The smallest absolute Gasteiger partial charge is 0.258 e. The zero-order valence-corrected chi connectivity index (χ0v) is 17.3. The number of benzene rings is 2. The first kappa shape index (κ1) is 22.8. The molecule has 1 aromatic heterocycles. The lowest BCUT2D eigenvalue weighted by Gasteiger charge is -2.18. The number of aryl methyl sites for hydroxylation is 1. The SMILES string of the molecule is Cc1ccc([C@@H](CNC(=O)COc2ccccc2F)NC(=O)COc2ccccc2F)o1. The molecule has 3 aromatic rings. The molecular weight excluding hydrogens is 422 g/mol. The molecule has 0 unspecified atom stereocenters. The summed E-state index contributed by atoms with van der Waals surface area (Å²) in [6.07, 6.45) is 0.